The van der Waals surface area contributed by atoms with Gasteiger partial charge in [-0.2, -0.15) is 0 Å². The number of benzene rings is 1. The normalized spacial score (nSPS) is 23.2. The van der Waals surface area contributed by atoms with Gasteiger partial charge in [-0.25, -0.2) is 0 Å². The summed E-state index contributed by atoms with van der Waals surface area (Å²) in [5.74, 6) is -0.257. The van der Waals surface area contributed by atoms with Crippen LogP contribution in [-0.2, 0) is 9.59 Å². The minimum atomic E-state index is -0.300. The zero-order valence-electron chi connectivity index (χ0n) is 12.2. The molecule has 1 aromatic carbocycles. The number of likely N-dealkylation sites (tertiary alicyclic amines) is 1. The van der Waals surface area contributed by atoms with Crippen molar-refractivity contribution < 1.29 is 14.7 Å². The van der Waals surface area contributed by atoms with Crippen molar-refractivity contribution in [3.63, 3.8) is 0 Å². The van der Waals surface area contributed by atoms with E-state index in [4.69, 9.17) is 0 Å². The summed E-state index contributed by atoms with van der Waals surface area (Å²) in [5, 5.41) is 9.53. The van der Waals surface area contributed by atoms with Gasteiger partial charge in [-0.3, -0.25) is 9.59 Å². The largest absolute Gasteiger partial charge is 0.393 e. The number of rotatable bonds is 2. The van der Waals surface area contributed by atoms with Gasteiger partial charge in [-0.1, -0.05) is 12.1 Å². The molecule has 0 radical (unpaired) electrons. The van der Waals surface area contributed by atoms with E-state index < -0.39 is 0 Å². The number of aliphatic hydroxyl groups excluding tert-OH is 1. The highest BCUT2D eigenvalue weighted by Crippen LogP contribution is 2.32. The number of amides is 2. The summed E-state index contributed by atoms with van der Waals surface area (Å²) in [6.07, 6.45) is 1.21. The third-order valence-corrected chi connectivity index (χ3v) is 5.06. The maximum Gasteiger partial charge on any atom is 0.228 e. The van der Waals surface area contributed by atoms with Crippen molar-refractivity contribution >= 4 is 33.4 Å². The molecule has 2 amide bonds. The van der Waals surface area contributed by atoms with Crippen molar-refractivity contribution in [3.8, 4) is 0 Å². The summed E-state index contributed by atoms with van der Waals surface area (Å²) in [5.41, 5.74) is 0.817. The van der Waals surface area contributed by atoms with Crippen LogP contribution in [0.25, 0.3) is 0 Å². The number of halogens is 1. The number of carbonyl (C=O) groups excluding carboxylic acids is 2. The van der Waals surface area contributed by atoms with Crippen molar-refractivity contribution in [1.29, 1.82) is 0 Å². The van der Waals surface area contributed by atoms with E-state index in [1.54, 1.807) is 9.80 Å². The lowest BCUT2D eigenvalue weighted by Gasteiger charge is -2.31. The van der Waals surface area contributed by atoms with Crippen LogP contribution in [0.2, 0.25) is 0 Å². The van der Waals surface area contributed by atoms with Gasteiger partial charge in [0.1, 0.15) is 0 Å². The number of hydrogen-bond acceptors (Lipinski definition) is 3. The standard InChI is InChI=1S/C16H19BrN2O3/c17-13-3-1-2-4-14(13)19-10-11(9-15(19)21)16(22)18-7-5-12(20)6-8-18/h1-4,11-12,20H,5-10H2. The molecule has 0 spiro atoms. The summed E-state index contributed by atoms with van der Waals surface area (Å²) >= 11 is 3.46. The summed E-state index contributed by atoms with van der Waals surface area (Å²) in [6, 6.07) is 7.56. The Hall–Kier alpha value is -1.40. The second-order valence-corrected chi connectivity index (χ2v) is 6.77. The molecular weight excluding hydrogens is 348 g/mol. The smallest absolute Gasteiger partial charge is 0.228 e. The fourth-order valence-corrected chi connectivity index (χ4v) is 3.62. The van der Waals surface area contributed by atoms with Crippen molar-refractivity contribution in [1.82, 2.24) is 4.90 Å². The molecule has 0 saturated carbocycles. The van der Waals surface area contributed by atoms with Crippen molar-refractivity contribution in [2.24, 2.45) is 5.92 Å². The molecule has 2 saturated heterocycles. The first-order valence-corrected chi connectivity index (χ1v) is 8.37. The maximum absolute atomic E-state index is 12.6. The molecule has 5 nitrogen and oxygen atoms in total. The number of carbonyl (C=O) groups is 2. The second kappa shape index (κ2) is 6.38. The SMILES string of the molecule is O=C(C1CC(=O)N(c2ccccc2Br)C1)N1CCC(O)CC1. The third-order valence-electron chi connectivity index (χ3n) is 4.39. The predicted octanol–water partition coefficient (Wildman–Crippen LogP) is 1.79. The molecule has 1 aromatic rings. The Bertz CT molecular complexity index is 585. The topological polar surface area (TPSA) is 60.9 Å². The number of piperidine rings is 1. The zero-order chi connectivity index (χ0) is 15.7. The summed E-state index contributed by atoms with van der Waals surface area (Å²) in [6.45, 7) is 1.60. The molecule has 1 unspecified atom stereocenters. The van der Waals surface area contributed by atoms with Gasteiger partial charge in [0, 0.05) is 30.5 Å². The Morgan fingerprint density at radius 2 is 1.91 bits per heavy atom. The third kappa shape index (κ3) is 3.03. The first-order valence-electron chi connectivity index (χ1n) is 7.58. The Morgan fingerprint density at radius 3 is 2.59 bits per heavy atom. The first kappa shape index (κ1) is 15.5. The van der Waals surface area contributed by atoms with Gasteiger partial charge in [0.25, 0.3) is 0 Å². The van der Waals surface area contributed by atoms with E-state index in [0.29, 0.717) is 32.5 Å². The molecule has 1 N–H and O–H groups in total. The highest BCUT2D eigenvalue weighted by Gasteiger charge is 2.38. The predicted molar refractivity (Wildman–Crippen MR) is 86.4 cm³/mol. The number of nitrogens with zero attached hydrogens (tertiary/aromatic N) is 2. The quantitative estimate of drug-likeness (QED) is 0.867. The van der Waals surface area contributed by atoms with E-state index in [1.165, 1.54) is 0 Å². The fourth-order valence-electron chi connectivity index (χ4n) is 3.12. The van der Waals surface area contributed by atoms with Gasteiger partial charge in [0.2, 0.25) is 11.8 Å². The van der Waals surface area contributed by atoms with E-state index in [-0.39, 0.29) is 30.3 Å². The van der Waals surface area contributed by atoms with Crippen LogP contribution in [0, 0.1) is 5.92 Å². The molecule has 0 bridgehead atoms. The van der Waals surface area contributed by atoms with Gasteiger partial charge in [-0.05, 0) is 40.9 Å². The lowest BCUT2D eigenvalue weighted by atomic mass is 10.0. The first-order chi connectivity index (χ1) is 10.6. The highest BCUT2D eigenvalue weighted by atomic mass is 79.9. The maximum atomic E-state index is 12.6. The Morgan fingerprint density at radius 1 is 1.23 bits per heavy atom. The molecule has 6 heteroatoms. The molecule has 22 heavy (non-hydrogen) atoms. The van der Waals surface area contributed by atoms with Crippen molar-refractivity contribution in [3.05, 3.63) is 28.7 Å². The van der Waals surface area contributed by atoms with Gasteiger partial charge in [0.15, 0.2) is 0 Å². The second-order valence-electron chi connectivity index (χ2n) is 5.91. The van der Waals surface area contributed by atoms with Gasteiger partial charge in [-0.15, -0.1) is 0 Å². The molecule has 2 heterocycles. The van der Waals surface area contributed by atoms with Gasteiger partial charge in [0.05, 0.1) is 17.7 Å². The van der Waals surface area contributed by atoms with E-state index in [0.717, 1.165) is 10.2 Å². The molecule has 2 aliphatic heterocycles. The van der Waals surface area contributed by atoms with E-state index in [1.807, 2.05) is 24.3 Å². The zero-order valence-corrected chi connectivity index (χ0v) is 13.8. The molecule has 1 atom stereocenters. The van der Waals surface area contributed by atoms with Crippen LogP contribution in [-0.4, -0.2) is 47.6 Å². The molecule has 2 aliphatic rings. The number of aliphatic hydroxyl groups is 1. The van der Waals surface area contributed by atoms with E-state index in [2.05, 4.69) is 15.9 Å². The summed E-state index contributed by atoms with van der Waals surface area (Å²) < 4.78 is 0.859. The van der Waals surface area contributed by atoms with Gasteiger partial charge < -0.3 is 14.9 Å². The Balaban J connectivity index is 1.69. The Labute approximate surface area is 138 Å². The van der Waals surface area contributed by atoms with Crippen molar-refractivity contribution in [2.75, 3.05) is 24.5 Å². The van der Waals surface area contributed by atoms with Crippen LogP contribution in [0.5, 0.6) is 0 Å². The number of para-hydroxylation sites is 1. The number of anilines is 1. The van der Waals surface area contributed by atoms with Crippen molar-refractivity contribution in [2.45, 2.75) is 25.4 Å². The monoisotopic (exact) mass is 366 g/mol. The Kier molecular flexibility index (Phi) is 4.49. The van der Waals surface area contributed by atoms with Crippen LogP contribution < -0.4 is 4.90 Å². The highest BCUT2D eigenvalue weighted by molar-refractivity contribution is 9.10. The average molecular weight is 367 g/mol. The van der Waals surface area contributed by atoms with Crippen LogP contribution in [0.15, 0.2) is 28.7 Å². The lowest BCUT2D eigenvalue weighted by Crippen LogP contribution is -2.43. The van der Waals surface area contributed by atoms with Crippen LogP contribution in [0.4, 0.5) is 5.69 Å². The molecule has 0 aliphatic carbocycles. The van der Waals surface area contributed by atoms with E-state index >= 15 is 0 Å². The fraction of sp³-hybridized carbons (Fsp3) is 0.500. The lowest BCUT2D eigenvalue weighted by molar-refractivity contribution is -0.137. The van der Waals surface area contributed by atoms with E-state index in [9.17, 15) is 14.7 Å². The van der Waals surface area contributed by atoms with Crippen LogP contribution in [0.3, 0.4) is 0 Å². The number of hydrogen-bond donors (Lipinski definition) is 1. The average Bonchev–Trinajstić information content (AvgIpc) is 2.90. The van der Waals surface area contributed by atoms with Crippen LogP contribution in [0.1, 0.15) is 19.3 Å². The van der Waals surface area contributed by atoms with Gasteiger partial charge >= 0.3 is 0 Å². The molecule has 2 fully saturated rings. The molecule has 118 valence electrons. The molecule has 3 rings (SSSR count). The molecule has 0 aromatic heterocycles. The molecular formula is C16H19BrN2O3. The summed E-state index contributed by atoms with van der Waals surface area (Å²) in [4.78, 5) is 28.3. The summed E-state index contributed by atoms with van der Waals surface area (Å²) in [7, 11) is 0. The minimum absolute atomic E-state index is 0.0118. The van der Waals surface area contributed by atoms with Crippen LogP contribution >= 0.6 is 15.9 Å². The minimum Gasteiger partial charge on any atom is -0.393 e.